The summed E-state index contributed by atoms with van der Waals surface area (Å²) in [4.78, 5) is 11.3. The Hall–Kier alpha value is -1.40. The number of aryl methyl sites for hydroxylation is 1. The van der Waals surface area contributed by atoms with Crippen molar-refractivity contribution in [2.75, 3.05) is 0 Å². The van der Waals surface area contributed by atoms with Crippen LogP contribution < -0.4 is 10.5 Å². The highest BCUT2D eigenvalue weighted by Crippen LogP contribution is 2.31. The minimum atomic E-state index is -0.443. The van der Waals surface area contributed by atoms with Crippen molar-refractivity contribution >= 4 is 28.4 Å². The second-order valence-electron chi connectivity index (χ2n) is 5.06. The Morgan fingerprint density at radius 3 is 2.52 bits per heavy atom. The highest BCUT2D eigenvalue weighted by molar-refractivity contribution is 14.1. The van der Waals surface area contributed by atoms with Gasteiger partial charge in [-0.05, 0) is 72.2 Å². The number of ketones is 1. The summed E-state index contributed by atoms with van der Waals surface area (Å²) in [5, 5.41) is 0. The van der Waals surface area contributed by atoms with Gasteiger partial charge >= 0.3 is 0 Å². The van der Waals surface area contributed by atoms with Gasteiger partial charge in [-0.15, -0.1) is 0 Å². The first-order valence-corrected chi connectivity index (χ1v) is 7.83. The molecule has 0 saturated heterocycles. The van der Waals surface area contributed by atoms with E-state index < -0.39 is 6.04 Å². The number of halogens is 1. The summed E-state index contributed by atoms with van der Waals surface area (Å²) in [6, 6.07) is 13.3. The number of carbonyl (C=O) groups is 1. The fourth-order valence-corrected chi connectivity index (χ4v) is 2.99. The molecule has 4 heteroatoms. The maximum atomic E-state index is 11.3. The topological polar surface area (TPSA) is 52.3 Å². The van der Waals surface area contributed by atoms with Crippen molar-refractivity contribution in [1.82, 2.24) is 0 Å². The number of hydrogen-bond donors (Lipinski definition) is 1. The molecule has 0 saturated carbocycles. The van der Waals surface area contributed by atoms with Crippen molar-refractivity contribution in [1.29, 1.82) is 0 Å². The lowest BCUT2D eigenvalue weighted by atomic mass is 10.0. The maximum absolute atomic E-state index is 11.3. The zero-order chi connectivity index (χ0) is 15.4. The van der Waals surface area contributed by atoms with E-state index in [1.54, 1.807) is 0 Å². The summed E-state index contributed by atoms with van der Waals surface area (Å²) in [6.07, 6.45) is 0.553. The molecule has 0 radical (unpaired) electrons. The number of carbonyl (C=O) groups excluding carboxylic acids is 1. The molecule has 0 aromatic heterocycles. The van der Waals surface area contributed by atoms with Gasteiger partial charge in [-0.1, -0.05) is 24.3 Å². The van der Waals surface area contributed by atoms with Crippen LogP contribution in [0.1, 0.15) is 18.1 Å². The smallest absolute Gasteiger partial charge is 0.146 e. The van der Waals surface area contributed by atoms with Crippen LogP contribution in [0.2, 0.25) is 0 Å². The normalized spacial score (nSPS) is 12.0. The van der Waals surface area contributed by atoms with Gasteiger partial charge in [0.2, 0.25) is 0 Å². The molecular weight excluding hydrogens is 377 g/mol. The number of hydrogen-bond acceptors (Lipinski definition) is 3. The molecule has 0 unspecified atom stereocenters. The Kier molecular flexibility index (Phi) is 5.36. The molecule has 0 amide bonds. The number of nitrogens with two attached hydrogens (primary N) is 1. The van der Waals surface area contributed by atoms with Gasteiger partial charge in [0, 0.05) is 0 Å². The first-order valence-electron chi connectivity index (χ1n) is 6.75. The average molecular weight is 395 g/mol. The molecule has 2 N–H and O–H groups in total. The van der Waals surface area contributed by atoms with Crippen molar-refractivity contribution in [3.05, 3.63) is 57.2 Å². The van der Waals surface area contributed by atoms with Crippen LogP contribution in [0.4, 0.5) is 0 Å². The van der Waals surface area contributed by atoms with Gasteiger partial charge in [0.25, 0.3) is 0 Å². The van der Waals surface area contributed by atoms with Crippen LogP contribution in [-0.2, 0) is 11.2 Å². The molecular formula is C17H18INO2. The number of Topliss-reactive ketones (excluding diaryl/α,β-unsaturated/α-hetero) is 1. The van der Waals surface area contributed by atoms with E-state index >= 15 is 0 Å². The first kappa shape index (κ1) is 16.0. The quantitative estimate of drug-likeness (QED) is 0.783. The van der Waals surface area contributed by atoms with Gasteiger partial charge in [-0.2, -0.15) is 0 Å². The zero-order valence-electron chi connectivity index (χ0n) is 12.1. The van der Waals surface area contributed by atoms with Gasteiger partial charge in [-0.3, -0.25) is 4.79 Å². The summed E-state index contributed by atoms with van der Waals surface area (Å²) >= 11 is 2.25. The van der Waals surface area contributed by atoms with Crippen molar-refractivity contribution in [3.8, 4) is 11.5 Å². The van der Waals surface area contributed by atoms with E-state index in [9.17, 15) is 4.79 Å². The van der Waals surface area contributed by atoms with E-state index in [2.05, 4.69) is 22.6 Å². The van der Waals surface area contributed by atoms with E-state index in [1.165, 1.54) is 6.92 Å². The number of ether oxygens (including phenoxy) is 1. The molecule has 2 aromatic rings. The number of benzene rings is 2. The molecule has 0 aliphatic carbocycles. The summed E-state index contributed by atoms with van der Waals surface area (Å²) < 4.78 is 6.96. The maximum Gasteiger partial charge on any atom is 0.146 e. The van der Waals surface area contributed by atoms with E-state index in [-0.39, 0.29) is 5.78 Å². The standard InChI is InChI=1S/C17H18INO2/c1-11-8-13(10-16(19)12(2)20)9-15(18)17(11)21-14-6-4-3-5-7-14/h3-9,16H,10,19H2,1-2H3/t16-/m0/s1. The molecule has 3 nitrogen and oxygen atoms in total. The van der Waals surface area contributed by atoms with Gasteiger partial charge in [0.15, 0.2) is 0 Å². The molecule has 0 spiro atoms. The first-order chi connectivity index (χ1) is 9.97. The number of rotatable bonds is 5. The van der Waals surface area contributed by atoms with Gasteiger partial charge < -0.3 is 10.5 Å². The Morgan fingerprint density at radius 2 is 1.95 bits per heavy atom. The molecule has 2 rings (SSSR count). The molecule has 110 valence electrons. The molecule has 0 aliphatic heterocycles. The Balaban J connectivity index is 2.23. The van der Waals surface area contributed by atoms with E-state index in [0.717, 1.165) is 26.2 Å². The third-order valence-corrected chi connectivity index (χ3v) is 4.03. The molecule has 2 aromatic carbocycles. The fourth-order valence-electron chi connectivity index (χ4n) is 2.05. The average Bonchev–Trinajstić information content (AvgIpc) is 2.44. The van der Waals surface area contributed by atoms with E-state index in [4.69, 9.17) is 10.5 Å². The lowest BCUT2D eigenvalue weighted by Crippen LogP contribution is -2.30. The monoisotopic (exact) mass is 395 g/mol. The highest BCUT2D eigenvalue weighted by atomic mass is 127. The van der Waals surface area contributed by atoms with E-state index in [0.29, 0.717) is 6.42 Å². The zero-order valence-corrected chi connectivity index (χ0v) is 14.3. The second-order valence-corrected chi connectivity index (χ2v) is 6.22. The van der Waals surface area contributed by atoms with Crippen LogP contribution in [0.25, 0.3) is 0 Å². The predicted molar refractivity (Wildman–Crippen MR) is 92.8 cm³/mol. The van der Waals surface area contributed by atoms with Crippen LogP contribution in [0.5, 0.6) is 11.5 Å². The summed E-state index contributed by atoms with van der Waals surface area (Å²) in [7, 11) is 0. The minimum absolute atomic E-state index is 0.00673. The van der Waals surface area contributed by atoms with Crippen molar-refractivity contribution in [2.45, 2.75) is 26.3 Å². The molecule has 21 heavy (non-hydrogen) atoms. The van der Waals surface area contributed by atoms with Crippen molar-refractivity contribution in [3.63, 3.8) is 0 Å². The predicted octanol–water partition coefficient (Wildman–Crippen LogP) is 3.85. The Morgan fingerprint density at radius 1 is 1.29 bits per heavy atom. The van der Waals surface area contributed by atoms with Gasteiger partial charge in [0.1, 0.15) is 17.3 Å². The summed E-state index contributed by atoms with van der Waals surface area (Å²) in [5.74, 6) is 1.67. The number of para-hydroxylation sites is 1. The highest BCUT2D eigenvalue weighted by Gasteiger charge is 2.13. The van der Waals surface area contributed by atoms with Gasteiger partial charge in [-0.25, -0.2) is 0 Å². The SMILES string of the molecule is CC(=O)[C@@H](N)Cc1cc(C)c(Oc2ccccc2)c(I)c1. The van der Waals surface area contributed by atoms with Crippen molar-refractivity contribution < 1.29 is 9.53 Å². The molecule has 0 fully saturated rings. The lowest BCUT2D eigenvalue weighted by Gasteiger charge is -2.14. The third-order valence-electron chi connectivity index (χ3n) is 3.23. The van der Waals surface area contributed by atoms with Crippen LogP contribution in [0.3, 0.4) is 0 Å². The molecule has 0 bridgehead atoms. The third kappa shape index (κ3) is 4.28. The second kappa shape index (κ2) is 7.04. The van der Waals surface area contributed by atoms with E-state index in [1.807, 2.05) is 49.4 Å². The van der Waals surface area contributed by atoms with Gasteiger partial charge in [0.05, 0.1) is 9.61 Å². The minimum Gasteiger partial charge on any atom is -0.456 e. The van der Waals surface area contributed by atoms with Crippen LogP contribution in [-0.4, -0.2) is 11.8 Å². The molecule has 0 heterocycles. The fraction of sp³-hybridized carbons (Fsp3) is 0.235. The lowest BCUT2D eigenvalue weighted by molar-refractivity contribution is -0.118. The Labute approximate surface area is 138 Å². The van der Waals surface area contributed by atoms with Crippen LogP contribution in [0.15, 0.2) is 42.5 Å². The largest absolute Gasteiger partial charge is 0.456 e. The molecule has 1 atom stereocenters. The van der Waals surface area contributed by atoms with Crippen LogP contribution >= 0.6 is 22.6 Å². The van der Waals surface area contributed by atoms with Crippen LogP contribution in [0, 0.1) is 10.5 Å². The summed E-state index contributed by atoms with van der Waals surface area (Å²) in [6.45, 7) is 3.53. The summed E-state index contributed by atoms with van der Waals surface area (Å²) in [5.41, 5.74) is 7.92. The van der Waals surface area contributed by atoms with Crippen molar-refractivity contribution in [2.24, 2.45) is 5.73 Å². The Bertz CT molecular complexity index is 617. The molecule has 0 aliphatic rings.